The Labute approximate surface area is 355 Å². The molecule has 0 aromatic heterocycles. The first-order valence-corrected chi connectivity index (χ1v) is 24.7. The van der Waals surface area contributed by atoms with E-state index in [0.717, 1.165) is 51.4 Å². The number of phosphoric acid groups is 1. The molecule has 0 aliphatic heterocycles. The molecule has 0 radical (unpaired) electrons. The van der Waals surface area contributed by atoms with Crippen LogP contribution in [0.25, 0.3) is 0 Å². The van der Waals surface area contributed by atoms with Crippen molar-refractivity contribution in [1.82, 2.24) is 0 Å². The van der Waals surface area contributed by atoms with Crippen LogP contribution in [0.5, 0.6) is 0 Å². The highest BCUT2D eigenvalue weighted by Crippen LogP contribution is 2.43. The molecule has 1 N–H and O–H groups in total. The van der Waals surface area contributed by atoms with Crippen LogP contribution in [-0.2, 0) is 32.7 Å². The molecule has 0 rings (SSSR count). The van der Waals surface area contributed by atoms with Crippen molar-refractivity contribution >= 4 is 19.8 Å². The van der Waals surface area contributed by atoms with Crippen LogP contribution in [0.3, 0.4) is 0 Å². The van der Waals surface area contributed by atoms with Gasteiger partial charge < -0.3 is 14.4 Å². The van der Waals surface area contributed by atoms with Gasteiger partial charge in [0.1, 0.15) is 6.61 Å². The summed E-state index contributed by atoms with van der Waals surface area (Å²) in [5.41, 5.74) is 0. The third kappa shape index (κ3) is 43.1. The number of phosphoric ester groups is 1. The lowest BCUT2D eigenvalue weighted by molar-refractivity contribution is -0.161. The van der Waals surface area contributed by atoms with E-state index >= 15 is 0 Å². The van der Waals surface area contributed by atoms with Crippen LogP contribution in [0.2, 0.25) is 0 Å². The Balaban J connectivity index is 4.11. The van der Waals surface area contributed by atoms with Crippen LogP contribution in [-0.4, -0.2) is 42.8 Å². The molecule has 8 nitrogen and oxygen atoms in total. The van der Waals surface area contributed by atoms with Crippen molar-refractivity contribution in [3.05, 3.63) is 72.9 Å². The molecule has 0 aromatic rings. The second-order valence-electron chi connectivity index (χ2n) is 15.0. The Morgan fingerprint density at radius 1 is 0.483 bits per heavy atom. The van der Waals surface area contributed by atoms with Gasteiger partial charge in [0, 0.05) is 12.8 Å². The summed E-state index contributed by atoms with van der Waals surface area (Å²) in [5, 5.41) is 0. The molecule has 0 heterocycles. The molecule has 9 heteroatoms. The summed E-state index contributed by atoms with van der Waals surface area (Å²) in [6.07, 6.45) is 55.4. The first-order valence-electron chi connectivity index (χ1n) is 23.2. The topological polar surface area (TPSA) is 108 Å². The predicted octanol–water partition coefficient (Wildman–Crippen LogP) is 14.9. The highest BCUT2D eigenvalue weighted by Gasteiger charge is 2.25. The van der Waals surface area contributed by atoms with Crippen molar-refractivity contribution in [1.29, 1.82) is 0 Å². The maximum absolute atomic E-state index is 12.5. The number of ether oxygens (including phenoxy) is 2. The number of carbonyl (C=O) groups is 2. The molecule has 0 saturated carbocycles. The molecule has 2 unspecified atom stereocenters. The van der Waals surface area contributed by atoms with Gasteiger partial charge in [0.25, 0.3) is 0 Å². The fourth-order valence-electron chi connectivity index (χ4n) is 6.13. The van der Waals surface area contributed by atoms with Crippen molar-refractivity contribution in [3.63, 3.8) is 0 Å². The van der Waals surface area contributed by atoms with E-state index in [1.165, 1.54) is 103 Å². The molecule has 0 bridgehead atoms. The van der Waals surface area contributed by atoms with Gasteiger partial charge in [-0.2, -0.15) is 0 Å². The van der Waals surface area contributed by atoms with Crippen LogP contribution in [0.4, 0.5) is 0 Å². The number of esters is 2. The highest BCUT2D eigenvalue weighted by atomic mass is 31.2. The third-order valence-electron chi connectivity index (χ3n) is 9.50. The van der Waals surface area contributed by atoms with Crippen molar-refractivity contribution in [2.24, 2.45) is 0 Å². The molecule has 0 aliphatic rings. The van der Waals surface area contributed by atoms with E-state index in [2.05, 4.69) is 80.7 Å². The van der Waals surface area contributed by atoms with Crippen LogP contribution >= 0.6 is 7.82 Å². The number of unbranched alkanes of at least 4 members (excludes halogenated alkanes) is 18. The van der Waals surface area contributed by atoms with E-state index < -0.39 is 26.5 Å². The first-order chi connectivity index (χ1) is 28.3. The molecular formula is C49H85O8P. The summed E-state index contributed by atoms with van der Waals surface area (Å²) in [4.78, 5) is 34.8. The van der Waals surface area contributed by atoms with Crippen molar-refractivity contribution < 1.29 is 37.6 Å². The minimum atomic E-state index is -4.30. The molecule has 0 amide bonds. The number of carbonyl (C=O) groups excluding carboxylic acids is 2. The highest BCUT2D eigenvalue weighted by molar-refractivity contribution is 7.47. The largest absolute Gasteiger partial charge is 0.472 e. The second-order valence-corrected chi connectivity index (χ2v) is 16.5. The van der Waals surface area contributed by atoms with Gasteiger partial charge in [-0.15, -0.1) is 0 Å². The lowest BCUT2D eigenvalue weighted by Gasteiger charge is -2.19. The minimum absolute atomic E-state index is 0.0135. The fourth-order valence-corrected chi connectivity index (χ4v) is 6.89. The van der Waals surface area contributed by atoms with Gasteiger partial charge in [-0.25, -0.2) is 4.57 Å². The zero-order valence-electron chi connectivity index (χ0n) is 37.2. The molecule has 0 aliphatic carbocycles. The van der Waals surface area contributed by atoms with E-state index in [-0.39, 0.29) is 32.0 Å². The zero-order valence-corrected chi connectivity index (χ0v) is 38.1. The Morgan fingerprint density at radius 2 is 0.897 bits per heavy atom. The summed E-state index contributed by atoms with van der Waals surface area (Å²) in [5.74, 6) is -0.870. The van der Waals surface area contributed by atoms with E-state index in [1.54, 1.807) is 6.92 Å². The Morgan fingerprint density at radius 3 is 1.40 bits per heavy atom. The van der Waals surface area contributed by atoms with Crippen LogP contribution < -0.4 is 0 Å². The Bertz CT molecular complexity index is 1170. The number of allylic oxidation sites excluding steroid dienone is 12. The summed E-state index contributed by atoms with van der Waals surface area (Å²) in [7, 11) is -4.30. The minimum Gasteiger partial charge on any atom is -0.462 e. The quantitative estimate of drug-likeness (QED) is 0.0280. The lowest BCUT2D eigenvalue weighted by atomic mass is 10.1. The average molecular weight is 833 g/mol. The summed E-state index contributed by atoms with van der Waals surface area (Å²) < 4.78 is 32.6. The zero-order chi connectivity index (χ0) is 42.5. The fraction of sp³-hybridized carbons (Fsp3) is 0.714. The maximum atomic E-state index is 12.5. The van der Waals surface area contributed by atoms with Crippen LogP contribution in [0, 0.1) is 0 Å². The van der Waals surface area contributed by atoms with Gasteiger partial charge in [0.15, 0.2) is 6.10 Å². The van der Waals surface area contributed by atoms with Crippen LogP contribution in [0.1, 0.15) is 201 Å². The van der Waals surface area contributed by atoms with E-state index in [4.69, 9.17) is 18.5 Å². The molecular weight excluding hydrogens is 748 g/mol. The van der Waals surface area contributed by atoms with Crippen LogP contribution in [0.15, 0.2) is 72.9 Å². The van der Waals surface area contributed by atoms with Crippen molar-refractivity contribution in [3.8, 4) is 0 Å². The first kappa shape index (κ1) is 55.5. The third-order valence-corrected chi connectivity index (χ3v) is 10.6. The normalized spacial score (nSPS) is 13.9. The predicted molar refractivity (Wildman–Crippen MR) is 244 cm³/mol. The Kier molecular flexibility index (Phi) is 42.1. The molecule has 0 spiro atoms. The molecule has 0 fully saturated rings. The van der Waals surface area contributed by atoms with E-state index in [9.17, 15) is 19.0 Å². The summed E-state index contributed by atoms with van der Waals surface area (Å²) >= 11 is 0. The SMILES string of the molecule is CC/C=C\C/C=C\C/C=C\C/C=C\C/C=C\CCCC(=O)OC(COC(=O)CCCCCCCCCCC/C=C\CCCCCCCCCC)COP(=O)(O)OCC. The monoisotopic (exact) mass is 833 g/mol. The van der Waals surface area contributed by atoms with Gasteiger partial charge >= 0.3 is 19.8 Å². The summed E-state index contributed by atoms with van der Waals surface area (Å²) in [6, 6.07) is 0. The molecule has 0 aromatic carbocycles. The lowest BCUT2D eigenvalue weighted by Crippen LogP contribution is -2.29. The van der Waals surface area contributed by atoms with E-state index in [1.807, 2.05) is 6.08 Å². The second kappa shape index (κ2) is 44.1. The molecule has 2 atom stereocenters. The number of rotatable bonds is 42. The van der Waals surface area contributed by atoms with E-state index in [0.29, 0.717) is 12.8 Å². The maximum Gasteiger partial charge on any atom is 0.472 e. The van der Waals surface area contributed by atoms with Crippen molar-refractivity contribution in [2.75, 3.05) is 19.8 Å². The molecule has 0 saturated heterocycles. The van der Waals surface area contributed by atoms with Gasteiger partial charge in [-0.3, -0.25) is 18.6 Å². The van der Waals surface area contributed by atoms with Gasteiger partial charge in [0.05, 0.1) is 13.2 Å². The van der Waals surface area contributed by atoms with Gasteiger partial charge in [0.2, 0.25) is 0 Å². The Hall–Kier alpha value is -2.51. The van der Waals surface area contributed by atoms with Crippen molar-refractivity contribution in [2.45, 2.75) is 207 Å². The smallest absolute Gasteiger partial charge is 0.462 e. The average Bonchev–Trinajstić information content (AvgIpc) is 3.20. The number of hydrogen-bond acceptors (Lipinski definition) is 7. The number of hydrogen-bond donors (Lipinski definition) is 1. The standard InChI is InChI=1S/C49H85O8P/c1-4-7-9-11-13-15-17-19-21-23-24-25-26-28-29-31-33-35-37-39-41-43-48(50)54-45-47(46-56-58(52,53)55-6-3)57-49(51)44-42-40-38-36-34-32-30-27-22-20-18-16-14-12-10-8-5-2/h8,10,14,16,20,22-24,30,32,36,38,47H,4-7,9,11-13,15,17-19,21,25-29,31,33-35,37,39-46H2,1-3H3,(H,52,53)/b10-8-,16-14-,22-20-,24-23-,32-30-,38-36-. The van der Waals surface area contributed by atoms with Gasteiger partial charge in [-0.1, -0.05) is 177 Å². The molecule has 334 valence electrons. The molecule has 58 heavy (non-hydrogen) atoms. The summed E-state index contributed by atoms with van der Waals surface area (Å²) in [6.45, 7) is 5.30. The van der Waals surface area contributed by atoms with Gasteiger partial charge in [-0.05, 0) is 84.0 Å².